The first-order valence-corrected chi connectivity index (χ1v) is 4.46. The fourth-order valence-corrected chi connectivity index (χ4v) is 1.25. The maximum absolute atomic E-state index is 12.2. The van der Waals surface area contributed by atoms with Gasteiger partial charge in [0.25, 0.3) is 0 Å². The zero-order valence-corrected chi connectivity index (χ0v) is 8.20. The Morgan fingerprint density at radius 1 is 1.27 bits per heavy atom. The number of hydrogen-bond acceptors (Lipinski definition) is 2. The first kappa shape index (κ1) is 11.8. The molecule has 0 aromatic heterocycles. The van der Waals surface area contributed by atoms with E-state index in [2.05, 4.69) is 0 Å². The van der Waals surface area contributed by atoms with Crippen LogP contribution in [-0.2, 0) is 0 Å². The largest absolute Gasteiger partial charge is 0.406 e. The van der Waals surface area contributed by atoms with Crippen LogP contribution in [-0.4, -0.2) is 24.1 Å². The van der Waals surface area contributed by atoms with E-state index < -0.39 is 18.9 Å². The second-order valence-electron chi connectivity index (χ2n) is 3.21. The normalized spacial score (nSPS) is 13.7. The van der Waals surface area contributed by atoms with E-state index >= 15 is 0 Å². The van der Waals surface area contributed by atoms with Crippen LogP contribution >= 0.6 is 0 Å². The summed E-state index contributed by atoms with van der Waals surface area (Å²) in [6.07, 6.45) is -5.50. The Labute approximate surface area is 85.9 Å². The highest BCUT2D eigenvalue weighted by Gasteiger charge is 2.32. The van der Waals surface area contributed by atoms with Crippen molar-refractivity contribution in [3.63, 3.8) is 0 Å². The van der Waals surface area contributed by atoms with E-state index in [1.165, 1.54) is 19.1 Å². The van der Waals surface area contributed by atoms with Crippen molar-refractivity contribution in [2.24, 2.45) is 0 Å². The Balaban J connectivity index is 2.85. The van der Waals surface area contributed by atoms with Crippen LogP contribution in [0.5, 0.6) is 0 Å². The molecular formula is C10H12F3NO. The van der Waals surface area contributed by atoms with E-state index in [1.54, 1.807) is 18.2 Å². The van der Waals surface area contributed by atoms with Crippen LogP contribution in [0.2, 0.25) is 0 Å². The first-order chi connectivity index (χ1) is 6.90. The molecule has 1 atom stereocenters. The van der Waals surface area contributed by atoms with Crippen LogP contribution in [0.25, 0.3) is 0 Å². The molecule has 0 heterocycles. The fraction of sp³-hybridized carbons (Fsp3) is 0.400. The van der Waals surface area contributed by atoms with Crippen LogP contribution in [0, 0.1) is 0 Å². The van der Waals surface area contributed by atoms with Crippen LogP contribution in [0.1, 0.15) is 6.92 Å². The molecule has 0 aliphatic rings. The summed E-state index contributed by atoms with van der Waals surface area (Å²) in [6.45, 7) is 0.146. The number of hydrogen-bond donors (Lipinski definition) is 1. The minimum absolute atomic E-state index is 0.352. The van der Waals surface area contributed by atoms with Gasteiger partial charge in [-0.05, 0) is 19.1 Å². The van der Waals surface area contributed by atoms with Gasteiger partial charge in [0.1, 0.15) is 12.8 Å². The van der Waals surface area contributed by atoms with E-state index in [0.29, 0.717) is 5.69 Å². The SMILES string of the molecule is CC(O)N(CC(F)(F)F)c1ccccc1. The number of alkyl halides is 3. The highest BCUT2D eigenvalue weighted by molar-refractivity contribution is 5.46. The van der Waals surface area contributed by atoms with Crippen molar-refractivity contribution in [3.8, 4) is 0 Å². The molecule has 1 aromatic carbocycles. The molecule has 15 heavy (non-hydrogen) atoms. The molecule has 0 spiro atoms. The summed E-state index contributed by atoms with van der Waals surface area (Å²) in [5.74, 6) is 0. The van der Waals surface area contributed by atoms with Crippen LogP contribution < -0.4 is 4.90 Å². The van der Waals surface area contributed by atoms with Gasteiger partial charge in [-0.2, -0.15) is 13.2 Å². The predicted molar refractivity (Wildman–Crippen MR) is 51.5 cm³/mol. The number of rotatable bonds is 3. The van der Waals surface area contributed by atoms with Gasteiger partial charge in [0.05, 0.1) is 0 Å². The molecule has 0 aliphatic heterocycles. The smallest absolute Gasteiger partial charge is 0.374 e. The maximum atomic E-state index is 12.2. The molecule has 2 nitrogen and oxygen atoms in total. The van der Waals surface area contributed by atoms with Gasteiger partial charge in [0, 0.05) is 5.69 Å². The van der Waals surface area contributed by atoms with Crippen LogP contribution in [0.4, 0.5) is 18.9 Å². The molecule has 0 amide bonds. The zero-order chi connectivity index (χ0) is 11.5. The summed E-state index contributed by atoms with van der Waals surface area (Å²) in [4.78, 5) is 0.889. The topological polar surface area (TPSA) is 23.5 Å². The molecule has 0 fully saturated rings. The van der Waals surface area contributed by atoms with Gasteiger partial charge in [-0.25, -0.2) is 0 Å². The number of aliphatic hydroxyl groups excluding tert-OH is 1. The molecular weight excluding hydrogens is 207 g/mol. The molecule has 1 rings (SSSR count). The lowest BCUT2D eigenvalue weighted by Gasteiger charge is -2.28. The lowest BCUT2D eigenvalue weighted by Crippen LogP contribution is -2.40. The van der Waals surface area contributed by atoms with E-state index in [-0.39, 0.29) is 0 Å². The minimum Gasteiger partial charge on any atom is -0.374 e. The van der Waals surface area contributed by atoms with E-state index in [9.17, 15) is 18.3 Å². The van der Waals surface area contributed by atoms with Gasteiger partial charge < -0.3 is 10.0 Å². The van der Waals surface area contributed by atoms with Gasteiger partial charge in [0.2, 0.25) is 0 Å². The van der Waals surface area contributed by atoms with Gasteiger partial charge in [-0.3, -0.25) is 0 Å². The number of nitrogens with zero attached hydrogens (tertiary/aromatic N) is 1. The fourth-order valence-electron chi connectivity index (χ4n) is 1.25. The zero-order valence-electron chi connectivity index (χ0n) is 8.20. The second kappa shape index (κ2) is 4.53. The van der Waals surface area contributed by atoms with Gasteiger partial charge in [-0.1, -0.05) is 18.2 Å². The Morgan fingerprint density at radius 2 is 1.80 bits per heavy atom. The molecule has 5 heteroatoms. The van der Waals surface area contributed by atoms with E-state index in [0.717, 1.165) is 4.90 Å². The third kappa shape index (κ3) is 3.79. The number of anilines is 1. The highest BCUT2D eigenvalue weighted by Crippen LogP contribution is 2.23. The molecule has 0 saturated heterocycles. The van der Waals surface area contributed by atoms with E-state index in [1.807, 2.05) is 0 Å². The third-order valence-electron chi connectivity index (χ3n) is 1.89. The lowest BCUT2D eigenvalue weighted by atomic mass is 10.3. The first-order valence-electron chi connectivity index (χ1n) is 4.46. The average Bonchev–Trinajstić information content (AvgIpc) is 2.14. The van der Waals surface area contributed by atoms with Crippen molar-refractivity contribution < 1.29 is 18.3 Å². The Morgan fingerprint density at radius 3 is 2.20 bits per heavy atom. The second-order valence-corrected chi connectivity index (χ2v) is 3.21. The predicted octanol–water partition coefficient (Wildman–Crippen LogP) is 2.39. The molecule has 0 bridgehead atoms. The molecule has 0 radical (unpaired) electrons. The molecule has 0 saturated carbocycles. The molecule has 1 unspecified atom stereocenters. The number of benzene rings is 1. The Kier molecular flexibility index (Phi) is 3.57. The molecule has 84 valence electrons. The van der Waals surface area contributed by atoms with Crippen LogP contribution in [0.3, 0.4) is 0 Å². The summed E-state index contributed by atoms with van der Waals surface area (Å²) in [7, 11) is 0. The quantitative estimate of drug-likeness (QED) is 0.789. The van der Waals surface area contributed by atoms with Crippen molar-refractivity contribution in [1.29, 1.82) is 0 Å². The van der Waals surface area contributed by atoms with Gasteiger partial charge in [-0.15, -0.1) is 0 Å². The summed E-state index contributed by atoms with van der Waals surface area (Å²) in [5, 5.41) is 9.25. The molecule has 1 N–H and O–H groups in total. The molecule has 1 aromatic rings. The standard InChI is InChI=1S/C10H12F3NO/c1-8(15)14(7-10(11,12)13)9-5-3-2-4-6-9/h2-6,8,15H,7H2,1H3. The number of aliphatic hydroxyl groups is 1. The van der Waals surface area contributed by atoms with Crippen molar-refractivity contribution in [3.05, 3.63) is 30.3 Å². The lowest BCUT2D eigenvalue weighted by molar-refractivity contribution is -0.123. The number of para-hydroxylation sites is 1. The molecule has 0 aliphatic carbocycles. The summed E-state index contributed by atoms with van der Waals surface area (Å²) in [6, 6.07) is 8.01. The van der Waals surface area contributed by atoms with Gasteiger partial charge in [0.15, 0.2) is 0 Å². The highest BCUT2D eigenvalue weighted by atomic mass is 19.4. The number of halogens is 3. The summed E-state index contributed by atoms with van der Waals surface area (Å²) in [5.41, 5.74) is 0.352. The van der Waals surface area contributed by atoms with Crippen molar-refractivity contribution in [1.82, 2.24) is 0 Å². The van der Waals surface area contributed by atoms with E-state index in [4.69, 9.17) is 0 Å². The average molecular weight is 219 g/mol. The third-order valence-corrected chi connectivity index (χ3v) is 1.89. The van der Waals surface area contributed by atoms with Gasteiger partial charge >= 0.3 is 6.18 Å². The van der Waals surface area contributed by atoms with Crippen molar-refractivity contribution in [2.45, 2.75) is 19.3 Å². The summed E-state index contributed by atoms with van der Waals surface area (Å²) < 4.78 is 36.6. The Hall–Kier alpha value is -1.23. The van der Waals surface area contributed by atoms with Crippen molar-refractivity contribution in [2.75, 3.05) is 11.4 Å². The Bertz CT molecular complexity index is 297. The maximum Gasteiger partial charge on any atom is 0.406 e. The minimum atomic E-state index is -4.33. The van der Waals surface area contributed by atoms with Crippen LogP contribution in [0.15, 0.2) is 30.3 Å². The van der Waals surface area contributed by atoms with Crippen molar-refractivity contribution >= 4 is 5.69 Å². The summed E-state index contributed by atoms with van der Waals surface area (Å²) >= 11 is 0. The monoisotopic (exact) mass is 219 g/mol.